The first-order chi connectivity index (χ1) is 15.8. The number of carboxylic acids is 1. The summed E-state index contributed by atoms with van der Waals surface area (Å²) in [5.74, 6) is -1.55. The monoisotopic (exact) mass is 464 g/mol. The first kappa shape index (κ1) is 22.7. The third kappa shape index (κ3) is 5.13. The number of nitrogens with one attached hydrogen (secondary N) is 1. The number of amides is 1. The van der Waals surface area contributed by atoms with Crippen molar-refractivity contribution >= 4 is 27.6 Å². The van der Waals surface area contributed by atoms with E-state index in [0.717, 1.165) is 28.8 Å². The molecule has 3 aromatic rings. The van der Waals surface area contributed by atoms with Gasteiger partial charge in [-0.15, -0.1) is 0 Å². The van der Waals surface area contributed by atoms with Gasteiger partial charge >= 0.3 is 5.97 Å². The molecule has 1 amide bonds. The van der Waals surface area contributed by atoms with Crippen molar-refractivity contribution in [3.8, 4) is 11.1 Å². The largest absolute Gasteiger partial charge is 0.480 e. The van der Waals surface area contributed by atoms with Gasteiger partial charge in [0.2, 0.25) is 15.9 Å². The Morgan fingerprint density at radius 2 is 1.55 bits per heavy atom. The third-order valence-electron chi connectivity index (χ3n) is 5.70. The molecule has 0 unspecified atom stereocenters. The lowest BCUT2D eigenvalue weighted by atomic mass is 10.1. The summed E-state index contributed by atoms with van der Waals surface area (Å²) in [5.41, 5.74) is 3.69. The number of hydrogen-bond acceptors (Lipinski definition) is 4. The maximum absolute atomic E-state index is 12.8. The lowest BCUT2D eigenvalue weighted by Crippen LogP contribution is -2.41. The Morgan fingerprint density at radius 1 is 0.909 bits per heavy atom. The fraction of sp³-hybridized carbons (Fsp3) is 0.200. The summed E-state index contributed by atoms with van der Waals surface area (Å²) in [4.78, 5) is 26.0. The Hall–Kier alpha value is -3.49. The number of carboxylic acid groups (broad SMARTS) is 1. The number of benzene rings is 3. The lowest BCUT2D eigenvalue weighted by Gasteiger charge is -2.19. The van der Waals surface area contributed by atoms with Crippen molar-refractivity contribution in [2.45, 2.75) is 30.2 Å². The summed E-state index contributed by atoms with van der Waals surface area (Å²) in [7, 11) is -4.07. The van der Waals surface area contributed by atoms with E-state index in [2.05, 4.69) is 4.72 Å². The van der Waals surface area contributed by atoms with Gasteiger partial charge in [0.1, 0.15) is 6.04 Å². The Balaban J connectivity index is 1.42. The summed E-state index contributed by atoms with van der Waals surface area (Å²) in [6, 6.07) is 21.9. The van der Waals surface area contributed by atoms with E-state index in [1.165, 1.54) is 12.1 Å². The zero-order chi connectivity index (χ0) is 23.4. The molecular formula is C25H24N2O5S. The van der Waals surface area contributed by atoms with Crippen LogP contribution >= 0.6 is 0 Å². The van der Waals surface area contributed by atoms with Gasteiger partial charge < -0.3 is 10.0 Å². The number of nitrogens with zero attached hydrogens (tertiary/aromatic N) is 1. The Morgan fingerprint density at radius 3 is 2.24 bits per heavy atom. The Bertz CT molecular complexity index is 1260. The van der Waals surface area contributed by atoms with Gasteiger partial charge in [0, 0.05) is 18.7 Å². The molecule has 1 aliphatic heterocycles. The molecule has 0 aromatic heterocycles. The molecule has 1 aliphatic rings. The van der Waals surface area contributed by atoms with E-state index in [1.807, 2.05) is 54.6 Å². The van der Waals surface area contributed by atoms with Crippen molar-refractivity contribution < 1.29 is 23.1 Å². The summed E-state index contributed by atoms with van der Waals surface area (Å²) in [5, 5.41) is 9.56. The van der Waals surface area contributed by atoms with E-state index in [9.17, 15) is 23.1 Å². The molecule has 0 fully saturated rings. The molecule has 8 heteroatoms. The normalized spacial score (nSPS) is 14.0. The van der Waals surface area contributed by atoms with Crippen molar-refractivity contribution in [2.24, 2.45) is 0 Å². The highest BCUT2D eigenvalue weighted by Crippen LogP contribution is 2.28. The highest BCUT2D eigenvalue weighted by Gasteiger charge is 2.29. The minimum Gasteiger partial charge on any atom is -0.480 e. The average Bonchev–Trinajstić information content (AvgIpc) is 3.26. The van der Waals surface area contributed by atoms with Crippen LogP contribution in [0.15, 0.2) is 83.8 Å². The van der Waals surface area contributed by atoms with E-state index in [1.54, 1.807) is 17.0 Å². The van der Waals surface area contributed by atoms with Crippen LogP contribution in [0.2, 0.25) is 0 Å². The summed E-state index contributed by atoms with van der Waals surface area (Å²) in [6.07, 6.45) is 0.519. The molecule has 170 valence electrons. The second-order valence-electron chi connectivity index (χ2n) is 7.87. The fourth-order valence-electron chi connectivity index (χ4n) is 3.95. The van der Waals surface area contributed by atoms with Gasteiger partial charge in [-0.2, -0.15) is 4.72 Å². The van der Waals surface area contributed by atoms with Gasteiger partial charge in [0.15, 0.2) is 0 Å². The number of carbonyl (C=O) groups excluding carboxylic acids is 1. The van der Waals surface area contributed by atoms with Crippen LogP contribution in [0.5, 0.6) is 0 Å². The first-order valence-electron chi connectivity index (χ1n) is 10.6. The molecule has 0 saturated heterocycles. The quantitative estimate of drug-likeness (QED) is 0.531. The number of para-hydroxylation sites is 1. The molecule has 7 nitrogen and oxygen atoms in total. The van der Waals surface area contributed by atoms with E-state index in [-0.39, 0.29) is 23.6 Å². The van der Waals surface area contributed by atoms with E-state index >= 15 is 0 Å². The second-order valence-corrected chi connectivity index (χ2v) is 9.58. The van der Waals surface area contributed by atoms with Crippen molar-refractivity contribution in [3.63, 3.8) is 0 Å². The predicted octanol–water partition coefficient (Wildman–Crippen LogP) is 3.45. The topological polar surface area (TPSA) is 104 Å². The van der Waals surface area contributed by atoms with Crippen LogP contribution in [0.4, 0.5) is 5.69 Å². The van der Waals surface area contributed by atoms with Crippen LogP contribution in [0.25, 0.3) is 11.1 Å². The highest BCUT2D eigenvalue weighted by molar-refractivity contribution is 7.89. The number of sulfonamides is 1. The molecule has 2 N–H and O–H groups in total. The molecule has 0 radical (unpaired) electrons. The average molecular weight is 465 g/mol. The van der Waals surface area contributed by atoms with Crippen LogP contribution in [0.3, 0.4) is 0 Å². The molecular weight excluding hydrogens is 440 g/mol. The molecule has 0 bridgehead atoms. The molecule has 1 heterocycles. The molecule has 0 saturated carbocycles. The van der Waals surface area contributed by atoms with Crippen molar-refractivity contribution in [1.82, 2.24) is 4.72 Å². The van der Waals surface area contributed by atoms with Gasteiger partial charge in [-0.1, -0.05) is 60.7 Å². The van der Waals surface area contributed by atoms with Gasteiger partial charge in [0.25, 0.3) is 0 Å². The maximum Gasteiger partial charge on any atom is 0.321 e. The molecule has 0 spiro atoms. The Kier molecular flexibility index (Phi) is 6.57. The summed E-state index contributed by atoms with van der Waals surface area (Å²) >= 11 is 0. The molecule has 33 heavy (non-hydrogen) atoms. The Labute approximate surface area is 192 Å². The SMILES string of the molecule is O=C(O)[C@H](CCC(=O)N1CCc2ccccc21)NS(=O)(=O)c1ccc(-c2ccccc2)cc1. The van der Waals surface area contributed by atoms with Gasteiger partial charge in [-0.05, 0) is 47.7 Å². The third-order valence-corrected chi connectivity index (χ3v) is 7.19. The number of fused-ring (bicyclic) bond motifs is 1. The molecule has 0 aliphatic carbocycles. The lowest BCUT2D eigenvalue weighted by molar-refractivity contribution is -0.139. The van der Waals surface area contributed by atoms with Crippen LogP contribution in [0, 0.1) is 0 Å². The van der Waals surface area contributed by atoms with Gasteiger partial charge in [-0.3, -0.25) is 9.59 Å². The van der Waals surface area contributed by atoms with Crippen molar-refractivity contribution in [1.29, 1.82) is 0 Å². The van der Waals surface area contributed by atoms with Crippen LogP contribution in [-0.2, 0) is 26.0 Å². The van der Waals surface area contributed by atoms with Crippen LogP contribution in [0.1, 0.15) is 18.4 Å². The number of anilines is 1. The van der Waals surface area contributed by atoms with E-state index in [0.29, 0.717) is 6.54 Å². The van der Waals surface area contributed by atoms with Crippen LogP contribution in [-0.4, -0.2) is 38.0 Å². The number of carbonyl (C=O) groups is 2. The maximum atomic E-state index is 12.8. The van der Waals surface area contributed by atoms with Gasteiger partial charge in [0.05, 0.1) is 4.90 Å². The number of rotatable bonds is 8. The predicted molar refractivity (Wildman–Crippen MR) is 125 cm³/mol. The summed E-state index contributed by atoms with van der Waals surface area (Å²) < 4.78 is 27.8. The highest BCUT2D eigenvalue weighted by atomic mass is 32.2. The zero-order valence-electron chi connectivity index (χ0n) is 17.8. The minimum absolute atomic E-state index is 0.0340. The van der Waals surface area contributed by atoms with Crippen LogP contribution < -0.4 is 9.62 Å². The van der Waals surface area contributed by atoms with Crippen molar-refractivity contribution in [3.05, 3.63) is 84.4 Å². The van der Waals surface area contributed by atoms with Gasteiger partial charge in [-0.25, -0.2) is 8.42 Å². The smallest absolute Gasteiger partial charge is 0.321 e. The van der Waals surface area contributed by atoms with E-state index < -0.39 is 22.0 Å². The van der Waals surface area contributed by atoms with E-state index in [4.69, 9.17) is 0 Å². The molecule has 4 rings (SSSR count). The van der Waals surface area contributed by atoms with Crippen molar-refractivity contribution in [2.75, 3.05) is 11.4 Å². The number of hydrogen-bond donors (Lipinski definition) is 2. The first-order valence-corrected chi connectivity index (χ1v) is 12.1. The second kappa shape index (κ2) is 9.56. The fourth-order valence-corrected chi connectivity index (χ4v) is 5.17. The minimum atomic E-state index is -4.07. The standard InChI is InChI=1S/C25H24N2O5S/c28-24(27-17-16-20-8-4-5-9-23(20)27)15-14-22(25(29)30)26-33(31,32)21-12-10-19(11-13-21)18-6-2-1-3-7-18/h1-13,22,26H,14-17H2,(H,29,30)/t22-/m0/s1. The molecule has 3 aromatic carbocycles. The number of aliphatic carboxylic acids is 1. The zero-order valence-corrected chi connectivity index (χ0v) is 18.7. The summed E-state index contributed by atoms with van der Waals surface area (Å²) in [6.45, 7) is 0.537. The molecule has 1 atom stereocenters.